The highest BCUT2D eigenvalue weighted by atomic mass is 19.1. The van der Waals surface area contributed by atoms with Crippen LogP contribution in [-0.4, -0.2) is 35.6 Å². The molecular formula is C17H20FN3O2. The van der Waals surface area contributed by atoms with E-state index < -0.39 is 0 Å². The summed E-state index contributed by atoms with van der Waals surface area (Å²) in [6, 6.07) is 9.16. The lowest BCUT2D eigenvalue weighted by Gasteiger charge is -2.21. The predicted molar refractivity (Wildman–Crippen MR) is 85.6 cm³/mol. The number of carbonyl (C=O) groups excluding carboxylic acids is 1. The molecule has 0 aliphatic rings. The average Bonchev–Trinajstić information content (AvgIpc) is 2.55. The number of aromatic nitrogens is 1. The Balaban J connectivity index is 1.76. The van der Waals surface area contributed by atoms with E-state index in [1.165, 1.54) is 12.1 Å². The summed E-state index contributed by atoms with van der Waals surface area (Å²) >= 11 is 0. The molecule has 122 valence electrons. The number of ether oxygens (including phenoxy) is 1. The van der Waals surface area contributed by atoms with E-state index in [1.807, 2.05) is 19.1 Å². The van der Waals surface area contributed by atoms with Gasteiger partial charge >= 0.3 is 6.03 Å². The molecule has 0 saturated heterocycles. The van der Waals surface area contributed by atoms with E-state index in [1.54, 1.807) is 36.5 Å². The highest BCUT2D eigenvalue weighted by molar-refractivity contribution is 5.74. The Morgan fingerprint density at radius 3 is 2.74 bits per heavy atom. The third kappa shape index (κ3) is 5.58. The van der Waals surface area contributed by atoms with Gasteiger partial charge in [0.15, 0.2) is 0 Å². The van der Waals surface area contributed by atoms with Crippen molar-refractivity contribution in [2.24, 2.45) is 0 Å². The molecule has 2 amide bonds. The van der Waals surface area contributed by atoms with Crippen LogP contribution in [0.1, 0.15) is 12.5 Å². The van der Waals surface area contributed by atoms with Crippen molar-refractivity contribution in [3.8, 4) is 5.75 Å². The topological polar surface area (TPSA) is 54.5 Å². The van der Waals surface area contributed by atoms with Crippen molar-refractivity contribution in [1.29, 1.82) is 0 Å². The summed E-state index contributed by atoms with van der Waals surface area (Å²) in [5, 5.41) is 2.85. The molecular weight excluding hydrogens is 297 g/mol. The minimum Gasteiger partial charge on any atom is -0.491 e. The van der Waals surface area contributed by atoms with Gasteiger partial charge in [-0.05, 0) is 42.8 Å². The fraction of sp³-hybridized carbons (Fsp3) is 0.294. The Hall–Kier alpha value is -2.63. The summed E-state index contributed by atoms with van der Waals surface area (Å²) in [7, 11) is 1.72. The molecule has 1 atom stereocenters. The summed E-state index contributed by atoms with van der Waals surface area (Å²) in [6.45, 7) is 2.63. The SMILES string of the molecule is CC(COc1ccc(F)cc1)NC(=O)N(C)Cc1cccnc1. The van der Waals surface area contributed by atoms with E-state index in [9.17, 15) is 9.18 Å². The number of hydrogen-bond acceptors (Lipinski definition) is 3. The summed E-state index contributed by atoms with van der Waals surface area (Å²) < 4.78 is 18.3. The van der Waals surface area contributed by atoms with Gasteiger partial charge in [0.2, 0.25) is 0 Å². The van der Waals surface area contributed by atoms with Crippen LogP contribution in [-0.2, 0) is 6.54 Å². The Kier molecular flexibility index (Phi) is 5.91. The molecule has 1 aromatic heterocycles. The van der Waals surface area contributed by atoms with Crippen LogP contribution in [0, 0.1) is 5.82 Å². The van der Waals surface area contributed by atoms with Crippen molar-refractivity contribution in [3.63, 3.8) is 0 Å². The molecule has 0 bridgehead atoms. The molecule has 1 N–H and O–H groups in total. The zero-order chi connectivity index (χ0) is 16.7. The Morgan fingerprint density at radius 1 is 1.35 bits per heavy atom. The van der Waals surface area contributed by atoms with Gasteiger partial charge in [-0.25, -0.2) is 9.18 Å². The van der Waals surface area contributed by atoms with E-state index in [0.717, 1.165) is 5.56 Å². The van der Waals surface area contributed by atoms with Crippen LogP contribution in [0.25, 0.3) is 0 Å². The van der Waals surface area contributed by atoms with Gasteiger partial charge in [-0.15, -0.1) is 0 Å². The average molecular weight is 317 g/mol. The maximum absolute atomic E-state index is 12.8. The number of hydrogen-bond donors (Lipinski definition) is 1. The molecule has 5 nitrogen and oxygen atoms in total. The van der Waals surface area contributed by atoms with Crippen molar-refractivity contribution in [2.75, 3.05) is 13.7 Å². The number of halogens is 1. The minimum absolute atomic E-state index is 0.177. The molecule has 0 aliphatic carbocycles. The summed E-state index contributed by atoms with van der Waals surface area (Å²) in [5.41, 5.74) is 0.959. The van der Waals surface area contributed by atoms with Gasteiger partial charge in [0.25, 0.3) is 0 Å². The second kappa shape index (κ2) is 8.12. The second-order valence-corrected chi connectivity index (χ2v) is 5.33. The van der Waals surface area contributed by atoms with Crippen LogP contribution < -0.4 is 10.1 Å². The standard InChI is InChI=1S/C17H20FN3O2/c1-13(12-23-16-7-5-15(18)6-8-16)20-17(22)21(2)11-14-4-3-9-19-10-14/h3-10,13H,11-12H2,1-2H3,(H,20,22). The van der Waals surface area contributed by atoms with Gasteiger partial charge in [0.1, 0.15) is 18.2 Å². The third-order valence-electron chi connectivity index (χ3n) is 3.17. The van der Waals surface area contributed by atoms with Crippen LogP contribution in [0.5, 0.6) is 5.75 Å². The number of benzene rings is 1. The summed E-state index contributed by atoms with van der Waals surface area (Å²) in [4.78, 5) is 17.7. The van der Waals surface area contributed by atoms with E-state index in [0.29, 0.717) is 18.9 Å². The van der Waals surface area contributed by atoms with Gasteiger partial charge < -0.3 is 15.0 Å². The zero-order valence-electron chi connectivity index (χ0n) is 13.2. The lowest BCUT2D eigenvalue weighted by molar-refractivity contribution is 0.195. The largest absolute Gasteiger partial charge is 0.491 e. The summed E-state index contributed by atoms with van der Waals surface area (Å²) in [6.07, 6.45) is 3.42. The Morgan fingerprint density at radius 2 is 2.09 bits per heavy atom. The molecule has 1 aromatic carbocycles. The van der Waals surface area contributed by atoms with Crippen LogP contribution >= 0.6 is 0 Å². The molecule has 0 aliphatic heterocycles. The number of nitrogens with one attached hydrogen (secondary N) is 1. The third-order valence-corrected chi connectivity index (χ3v) is 3.17. The fourth-order valence-corrected chi connectivity index (χ4v) is 1.95. The number of urea groups is 1. The number of nitrogens with zero attached hydrogens (tertiary/aromatic N) is 2. The molecule has 0 radical (unpaired) electrons. The van der Waals surface area contributed by atoms with E-state index >= 15 is 0 Å². The van der Waals surface area contributed by atoms with Crippen molar-refractivity contribution in [2.45, 2.75) is 19.5 Å². The first-order chi connectivity index (χ1) is 11.0. The molecule has 2 rings (SSSR count). The molecule has 0 spiro atoms. The highest BCUT2D eigenvalue weighted by Gasteiger charge is 2.13. The fourth-order valence-electron chi connectivity index (χ4n) is 1.95. The van der Waals surface area contributed by atoms with Gasteiger partial charge in [-0.2, -0.15) is 0 Å². The maximum Gasteiger partial charge on any atom is 0.317 e. The maximum atomic E-state index is 12.8. The molecule has 0 fully saturated rings. The van der Waals surface area contributed by atoms with Crippen molar-refractivity contribution >= 4 is 6.03 Å². The van der Waals surface area contributed by atoms with E-state index in [-0.39, 0.29) is 17.9 Å². The molecule has 1 heterocycles. The predicted octanol–water partition coefficient (Wildman–Crippen LogP) is 2.83. The number of carbonyl (C=O) groups is 1. The van der Waals surface area contributed by atoms with Crippen molar-refractivity contribution in [1.82, 2.24) is 15.2 Å². The first-order valence-electron chi connectivity index (χ1n) is 7.33. The Labute approximate surface area is 135 Å². The van der Waals surface area contributed by atoms with Crippen LogP contribution in [0.15, 0.2) is 48.8 Å². The second-order valence-electron chi connectivity index (χ2n) is 5.33. The molecule has 2 aromatic rings. The van der Waals surface area contributed by atoms with Crippen LogP contribution in [0.2, 0.25) is 0 Å². The molecule has 0 saturated carbocycles. The normalized spacial score (nSPS) is 11.6. The smallest absolute Gasteiger partial charge is 0.317 e. The van der Waals surface area contributed by atoms with Crippen LogP contribution in [0.3, 0.4) is 0 Å². The number of pyridine rings is 1. The van der Waals surface area contributed by atoms with Gasteiger partial charge in [-0.1, -0.05) is 6.07 Å². The first kappa shape index (κ1) is 16.7. The zero-order valence-corrected chi connectivity index (χ0v) is 13.2. The Bertz CT molecular complexity index is 619. The van der Waals surface area contributed by atoms with E-state index in [4.69, 9.17) is 4.74 Å². The highest BCUT2D eigenvalue weighted by Crippen LogP contribution is 2.11. The lowest BCUT2D eigenvalue weighted by atomic mass is 10.3. The van der Waals surface area contributed by atoms with Crippen molar-refractivity contribution < 1.29 is 13.9 Å². The molecule has 23 heavy (non-hydrogen) atoms. The minimum atomic E-state index is -0.310. The van der Waals surface area contributed by atoms with Gasteiger partial charge in [-0.3, -0.25) is 4.98 Å². The summed E-state index contributed by atoms with van der Waals surface area (Å²) in [5.74, 6) is 0.256. The lowest BCUT2D eigenvalue weighted by Crippen LogP contribution is -2.43. The molecule has 6 heteroatoms. The monoisotopic (exact) mass is 317 g/mol. The van der Waals surface area contributed by atoms with E-state index in [2.05, 4.69) is 10.3 Å². The van der Waals surface area contributed by atoms with Gasteiger partial charge in [0.05, 0.1) is 6.04 Å². The van der Waals surface area contributed by atoms with Crippen molar-refractivity contribution in [3.05, 3.63) is 60.2 Å². The van der Waals surface area contributed by atoms with Crippen LogP contribution in [0.4, 0.5) is 9.18 Å². The van der Waals surface area contributed by atoms with Gasteiger partial charge in [0, 0.05) is 26.0 Å². The first-order valence-corrected chi connectivity index (χ1v) is 7.33. The number of rotatable bonds is 6. The number of amides is 2. The quantitative estimate of drug-likeness (QED) is 0.891. The molecule has 1 unspecified atom stereocenters.